The van der Waals surface area contributed by atoms with Gasteiger partial charge in [-0.25, -0.2) is 12.7 Å². The summed E-state index contributed by atoms with van der Waals surface area (Å²) in [6.07, 6.45) is 0.936. The van der Waals surface area contributed by atoms with Gasteiger partial charge in [-0.05, 0) is 26.7 Å². The van der Waals surface area contributed by atoms with E-state index in [1.807, 2.05) is 0 Å². The number of carbonyl (C=O) groups excluding carboxylic acids is 1. The standard InChI is InChI=1S/C8H14N2O3S2/c1-8(2)7(11)10(15(8,12)13)5-3-4-6(9)14/h3-5H2,1-2H3,(H2,9,14). The number of hydrogen-bond acceptors (Lipinski definition) is 4. The van der Waals surface area contributed by atoms with Crippen molar-refractivity contribution in [3.05, 3.63) is 0 Å². The molecule has 2 N–H and O–H groups in total. The molecule has 5 nitrogen and oxygen atoms in total. The minimum atomic E-state index is -3.45. The first-order chi connectivity index (χ1) is 6.71. The van der Waals surface area contributed by atoms with E-state index in [1.54, 1.807) is 0 Å². The molecule has 0 radical (unpaired) electrons. The predicted molar refractivity (Wildman–Crippen MR) is 60.7 cm³/mol. The van der Waals surface area contributed by atoms with Gasteiger partial charge in [0.1, 0.15) is 0 Å². The molecule has 1 saturated heterocycles. The summed E-state index contributed by atoms with van der Waals surface area (Å²) < 4.78 is 22.8. The van der Waals surface area contributed by atoms with E-state index in [4.69, 9.17) is 5.73 Å². The summed E-state index contributed by atoms with van der Waals surface area (Å²) >= 11 is 4.66. The van der Waals surface area contributed by atoms with Crippen LogP contribution in [0.4, 0.5) is 0 Å². The van der Waals surface area contributed by atoms with Crippen molar-refractivity contribution in [1.82, 2.24) is 4.31 Å². The fraction of sp³-hybridized carbons (Fsp3) is 0.750. The maximum absolute atomic E-state index is 11.6. The Morgan fingerprint density at radius 3 is 2.47 bits per heavy atom. The van der Waals surface area contributed by atoms with Crippen LogP contribution < -0.4 is 5.73 Å². The number of nitrogens with zero attached hydrogens (tertiary/aromatic N) is 1. The molecule has 0 atom stereocenters. The van der Waals surface area contributed by atoms with E-state index in [2.05, 4.69) is 12.2 Å². The molecule has 0 aromatic rings. The number of sulfonamides is 1. The number of rotatable bonds is 4. The zero-order valence-electron chi connectivity index (χ0n) is 8.69. The molecule has 1 fully saturated rings. The normalized spacial score (nSPS) is 22.3. The lowest BCUT2D eigenvalue weighted by molar-refractivity contribution is -0.132. The molecule has 0 spiro atoms. The van der Waals surface area contributed by atoms with Crippen LogP contribution in [0.15, 0.2) is 0 Å². The monoisotopic (exact) mass is 250 g/mol. The quantitative estimate of drug-likeness (QED) is 0.711. The van der Waals surface area contributed by atoms with Crippen LogP contribution in [0.25, 0.3) is 0 Å². The second kappa shape index (κ2) is 3.71. The van der Waals surface area contributed by atoms with Crippen LogP contribution in [-0.2, 0) is 14.8 Å². The van der Waals surface area contributed by atoms with Gasteiger partial charge in [-0.15, -0.1) is 0 Å². The Kier molecular flexibility index (Phi) is 3.06. The molecular formula is C8H14N2O3S2. The predicted octanol–water partition coefficient (Wildman–Crippen LogP) is 0.00330. The van der Waals surface area contributed by atoms with Gasteiger partial charge in [0.15, 0.2) is 4.75 Å². The summed E-state index contributed by atoms with van der Waals surface area (Å²) in [5.41, 5.74) is 5.27. The molecule has 1 rings (SSSR count). The van der Waals surface area contributed by atoms with Crippen LogP contribution in [0.1, 0.15) is 26.7 Å². The molecule has 15 heavy (non-hydrogen) atoms. The third-order valence-corrected chi connectivity index (χ3v) is 5.06. The highest BCUT2D eigenvalue weighted by molar-refractivity contribution is 7.94. The maximum Gasteiger partial charge on any atom is 0.258 e. The van der Waals surface area contributed by atoms with Gasteiger partial charge in [-0.1, -0.05) is 12.2 Å². The summed E-state index contributed by atoms with van der Waals surface area (Å²) in [5, 5.41) is 0. The van der Waals surface area contributed by atoms with Crippen molar-refractivity contribution in [3.63, 3.8) is 0 Å². The van der Waals surface area contributed by atoms with Crippen molar-refractivity contribution in [2.24, 2.45) is 5.73 Å². The lowest BCUT2D eigenvalue weighted by Gasteiger charge is -2.43. The molecule has 1 heterocycles. The van der Waals surface area contributed by atoms with E-state index in [9.17, 15) is 13.2 Å². The minimum absolute atomic E-state index is 0.169. The third kappa shape index (κ3) is 1.85. The van der Waals surface area contributed by atoms with Crippen LogP contribution >= 0.6 is 12.2 Å². The SMILES string of the molecule is CC1(C)C(=O)N(CCCC(N)=S)S1(=O)=O. The number of thiocarbonyl (C=S) groups is 1. The summed E-state index contributed by atoms with van der Waals surface area (Å²) in [6.45, 7) is 2.99. The fourth-order valence-corrected chi connectivity index (χ4v) is 3.08. The van der Waals surface area contributed by atoms with Crippen LogP contribution in [-0.4, -0.2) is 34.9 Å². The van der Waals surface area contributed by atoms with E-state index in [0.717, 1.165) is 4.31 Å². The van der Waals surface area contributed by atoms with Crippen LogP contribution in [0.2, 0.25) is 0 Å². The lowest BCUT2D eigenvalue weighted by Crippen LogP contribution is -2.67. The second-order valence-electron chi connectivity index (χ2n) is 3.96. The molecule has 0 aromatic carbocycles. The molecule has 0 aromatic heterocycles. The van der Waals surface area contributed by atoms with Crippen LogP contribution in [0.5, 0.6) is 0 Å². The molecular weight excluding hydrogens is 236 g/mol. The van der Waals surface area contributed by atoms with Gasteiger partial charge >= 0.3 is 0 Å². The Bertz CT molecular complexity index is 400. The molecule has 0 aliphatic carbocycles. The zero-order valence-corrected chi connectivity index (χ0v) is 10.3. The van der Waals surface area contributed by atoms with Crippen molar-refractivity contribution in [3.8, 4) is 0 Å². The minimum Gasteiger partial charge on any atom is -0.393 e. The van der Waals surface area contributed by atoms with Gasteiger partial charge in [0.25, 0.3) is 15.9 Å². The highest BCUT2D eigenvalue weighted by Gasteiger charge is 2.59. The summed E-state index contributed by atoms with van der Waals surface area (Å²) in [6, 6.07) is 0. The average Bonchev–Trinajstić information content (AvgIpc) is 2.10. The van der Waals surface area contributed by atoms with Gasteiger partial charge in [-0.3, -0.25) is 4.79 Å². The van der Waals surface area contributed by atoms with Gasteiger partial charge in [-0.2, -0.15) is 0 Å². The smallest absolute Gasteiger partial charge is 0.258 e. The maximum atomic E-state index is 11.6. The zero-order chi connectivity index (χ0) is 11.9. The van der Waals surface area contributed by atoms with Gasteiger partial charge in [0.05, 0.1) is 4.99 Å². The van der Waals surface area contributed by atoms with E-state index < -0.39 is 14.8 Å². The highest BCUT2D eigenvalue weighted by atomic mass is 32.2. The molecule has 86 valence electrons. The Morgan fingerprint density at radius 2 is 2.07 bits per heavy atom. The lowest BCUT2D eigenvalue weighted by atomic mass is 10.2. The fourth-order valence-electron chi connectivity index (χ4n) is 1.37. The number of amides is 1. The van der Waals surface area contributed by atoms with Crippen molar-refractivity contribution in [2.45, 2.75) is 31.4 Å². The van der Waals surface area contributed by atoms with Crippen molar-refractivity contribution >= 4 is 33.1 Å². The topological polar surface area (TPSA) is 80.5 Å². The second-order valence-corrected chi connectivity index (χ2v) is 6.90. The first-order valence-corrected chi connectivity index (χ1v) is 6.41. The van der Waals surface area contributed by atoms with Crippen LogP contribution in [0.3, 0.4) is 0 Å². The van der Waals surface area contributed by atoms with Gasteiger partial charge in [0.2, 0.25) is 0 Å². The Hall–Kier alpha value is -0.690. The molecule has 7 heteroatoms. The largest absolute Gasteiger partial charge is 0.393 e. The summed E-state index contributed by atoms with van der Waals surface area (Å²) in [7, 11) is -3.45. The number of nitrogens with two attached hydrogens (primary N) is 1. The van der Waals surface area contributed by atoms with Gasteiger partial charge in [0, 0.05) is 6.54 Å². The number of hydrogen-bond donors (Lipinski definition) is 1. The number of carbonyl (C=O) groups is 1. The first-order valence-electron chi connectivity index (χ1n) is 4.56. The van der Waals surface area contributed by atoms with Gasteiger partial charge < -0.3 is 5.73 Å². The molecule has 0 saturated carbocycles. The molecule has 0 bridgehead atoms. The Balaban J connectivity index is 2.60. The van der Waals surface area contributed by atoms with Crippen molar-refractivity contribution in [2.75, 3.05) is 6.54 Å². The first kappa shape index (κ1) is 12.4. The average molecular weight is 250 g/mol. The molecule has 1 amide bonds. The van der Waals surface area contributed by atoms with Crippen molar-refractivity contribution in [1.29, 1.82) is 0 Å². The molecule has 1 aliphatic rings. The van der Waals surface area contributed by atoms with E-state index in [-0.39, 0.29) is 12.5 Å². The Morgan fingerprint density at radius 1 is 1.53 bits per heavy atom. The van der Waals surface area contributed by atoms with Crippen LogP contribution in [0, 0.1) is 0 Å². The highest BCUT2D eigenvalue weighted by Crippen LogP contribution is 2.34. The molecule has 0 unspecified atom stereocenters. The van der Waals surface area contributed by atoms with E-state index in [0.29, 0.717) is 17.8 Å². The summed E-state index contributed by atoms with van der Waals surface area (Å²) in [5.74, 6) is -0.356. The summed E-state index contributed by atoms with van der Waals surface area (Å²) in [4.78, 5) is 11.8. The van der Waals surface area contributed by atoms with E-state index >= 15 is 0 Å². The van der Waals surface area contributed by atoms with E-state index in [1.165, 1.54) is 13.8 Å². The van der Waals surface area contributed by atoms with Crippen molar-refractivity contribution < 1.29 is 13.2 Å². The third-order valence-electron chi connectivity index (χ3n) is 2.46. The Labute approximate surface area is 94.7 Å². The molecule has 1 aliphatic heterocycles.